The van der Waals surface area contributed by atoms with Crippen LogP contribution in [0, 0.1) is 13.8 Å². The van der Waals surface area contributed by atoms with Crippen LogP contribution in [0.2, 0.25) is 5.02 Å². The van der Waals surface area contributed by atoms with Gasteiger partial charge in [-0.05, 0) is 80.5 Å². The highest BCUT2D eigenvalue weighted by Crippen LogP contribution is 2.31. The summed E-state index contributed by atoms with van der Waals surface area (Å²) in [5.41, 5.74) is 1.44. The Balaban J connectivity index is 1.73. The lowest BCUT2D eigenvalue weighted by Crippen LogP contribution is -2.38. The molecule has 0 spiro atoms. The van der Waals surface area contributed by atoms with E-state index in [1.165, 1.54) is 25.2 Å². The van der Waals surface area contributed by atoms with E-state index in [0.717, 1.165) is 31.7 Å². The summed E-state index contributed by atoms with van der Waals surface area (Å²) in [6.45, 7) is 6.83. The zero-order valence-corrected chi connectivity index (χ0v) is 18.4. The number of carboxylic acids is 1. The quantitative estimate of drug-likeness (QED) is 0.451. The summed E-state index contributed by atoms with van der Waals surface area (Å²) in [5, 5.41) is 10.9. The summed E-state index contributed by atoms with van der Waals surface area (Å²) in [6.07, 6.45) is 1.01. The van der Waals surface area contributed by atoms with Crippen LogP contribution in [0.25, 0.3) is 10.1 Å². The van der Waals surface area contributed by atoms with Gasteiger partial charge < -0.3 is 9.84 Å². The number of carboxylic acid groups (broad SMARTS) is 1. The molecule has 2 aromatic carbocycles. The number of ether oxygens (including phenoxy) is 1. The average Bonchev–Trinajstić information content (AvgIpc) is 3.05. The topological polar surface area (TPSA) is 63.6 Å². The molecule has 0 saturated carbocycles. The van der Waals surface area contributed by atoms with Crippen LogP contribution in [0.5, 0.6) is 5.75 Å². The van der Waals surface area contributed by atoms with Crippen molar-refractivity contribution in [2.24, 2.45) is 0 Å². The van der Waals surface area contributed by atoms with Crippen LogP contribution in [0.1, 0.15) is 46.6 Å². The second-order valence-electron chi connectivity index (χ2n) is 7.69. The van der Waals surface area contributed by atoms with Crippen LogP contribution in [0.4, 0.5) is 0 Å². The molecule has 3 aromatic rings. The Hall–Kier alpha value is -2.37. The van der Waals surface area contributed by atoms with Crippen molar-refractivity contribution in [3.8, 4) is 5.75 Å². The Labute approximate surface area is 179 Å². The molecule has 0 bridgehead atoms. The molecule has 0 saturated heterocycles. The number of carbonyl (C=O) groups is 2. The molecule has 1 aromatic heterocycles. The van der Waals surface area contributed by atoms with Crippen molar-refractivity contribution in [2.45, 2.75) is 46.1 Å². The zero-order chi connectivity index (χ0) is 21.3. The molecule has 0 radical (unpaired) electrons. The second kappa shape index (κ2) is 8.17. The fraction of sp³-hybridized carbons (Fsp3) is 0.304. The van der Waals surface area contributed by atoms with E-state index in [1.54, 1.807) is 0 Å². The van der Waals surface area contributed by atoms with E-state index >= 15 is 0 Å². The summed E-state index contributed by atoms with van der Waals surface area (Å²) in [4.78, 5) is 24.7. The molecule has 6 heteroatoms. The van der Waals surface area contributed by atoms with Crippen molar-refractivity contribution in [3.05, 3.63) is 63.0 Å². The number of ketones is 1. The number of carbonyl (C=O) groups excluding carboxylic acids is 1. The molecular weight excluding hydrogens is 408 g/mol. The van der Waals surface area contributed by atoms with E-state index in [1.807, 2.05) is 50.2 Å². The van der Waals surface area contributed by atoms with Gasteiger partial charge in [-0.1, -0.05) is 23.7 Å². The monoisotopic (exact) mass is 430 g/mol. The fourth-order valence-electron chi connectivity index (χ4n) is 3.18. The average molecular weight is 431 g/mol. The van der Waals surface area contributed by atoms with Gasteiger partial charge in [-0.15, -0.1) is 11.3 Å². The van der Waals surface area contributed by atoms with Gasteiger partial charge >= 0.3 is 5.97 Å². The number of thiophene rings is 1. The number of hydrogen-bond donors (Lipinski definition) is 1. The molecule has 152 valence electrons. The SMILES string of the molecule is Cc1cc(CCC(=O)c2cc3cc(Cl)ccc3s2)cc(C)c1OC(C)(C)C(=O)O. The standard InChI is InChI=1S/C23H23ClO4S/c1-13-9-15(10-14(2)21(13)28-23(3,4)22(26)27)5-7-18(25)20-12-16-11-17(24)6-8-19(16)29-20/h6,8-12H,5,7H2,1-4H3,(H,26,27). The number of fused-ring (bicyclic) bond motifs is 1. The van der Waals surface area contributed by atoms with Crippen molar-refractivity contribution in [2.75, 3.05) is 0 Å². The van der Waals surface area contributed by atoms with Gasteiger partial charge in [0.1, 0.15) is 5.75 Å². The van der Waals surface area contributed by atoms with E-state index in [9.17, 15) is 14.7 Å². The Kier molecular flexibility index (Phi) is 6.01. The van der Waals surface area contributed by atoms with Crippen molar-refractivity contribution < 1.29 is 19.4 Å². The molecule has 0 unspecified atom stereocenters. The molecule has 0 fully saturated rings. The fourth-order valence-corrected chi connectivity index (χ4v) is 4.37. The molecule has 3 rings (SSSR count). The Morgan fingerprint density at radius 3 is 2.38 bits per heavy atom. The van der Waals surface area contributed by atoms with Crippen LogP contribution in [0.15, 0.2) is 36.4 Å². The van der Waals surface area contributed by atoms with Gasteiger partial charge in [0.15, 0.2) is 11.4 Å². The summed E-state index contributed by atoms with van der Waals surface area (Å²) >= 11 is 7.51. The first-order chi connectivity index (χ1) is 13.6. The first kappa shape index (κ1) is 21.3. The highest BCUT2D eigenvalue weighted by Gasteiger charge is 2.30. The van der Waals surface area contributed by atoms with E-state index < -0.39 is 11.6 Å². The first-order valence-electron chi connectivity index (χ1n) is 9.31. The highest BCUT2D eigenvalue weighted by atomic mass is 35.5. The number of Topliss-reactive ketones (excluding diaryl/α,β-unsaturated/α-hetero) is 1. The molecular formula is C23H23ClO4S. The van der Waals surface area contributed by atoms with Crippen molar-refractivity contribution in [1.82, 2.24) is 0 Å². The third-order valence-electron chi connectivity index (χ3n) is 4.79. The van der Waals surface area contributed by atoms with E-state index in [-0.39, 0.29) is 5.78 Å². The van der Waals surface area contributed by atoms with Gasteiger partial charge in [-0.25, -0.2) is 4.79 Å². The normalized spacial score (nSPS) is 11.6. The molecule has 0 amide bonds. The Morgan fingerprint density at radius 1 is 1.10 bits per heavy atom. The summed E-state index contributed by atoms with van der Waals surface area (Å²) < 4.78 is 6.79. The zero-order valence-electron chi connectivity index (χ0n) is 16.8. The smallest absolute Gasteiger partial charge is 0.347 e. The maximum absolute atomic E-state index is 12.7. The third kappa shape index (κ3) is 4.80. The molecule has 1 N–H and O–H groups in total. The van der Waals surface area contributed by atoms with E-state index in [0.29, 0.717) is 23.6 Å². The number of benzene rings is 2. The van der Waals surface area contributed by atoms with Crippen LogP contribution < -0.4 is 4.74 Å². The van der Waals surface area contributed by atoms with Crippen molar-refractivity contribution >= 4 is 44.8 Å². The van der Waals surface area contributed by atoms with Crippen LogP contribution in [-0.4, -0.2) is 22.5 Å². The number of aryl methyl sites for hydroxylation is 3. The van der Waals surface area contributed by atoms with Gasteiger partial charge in [0.2, 0.25) is 0 Å². The maximum Gasteiger partial charge on any atom is 0.347 e. The molecule has 29 heavy (non-hydrogen) atoms. The van der Waals surface area contributed by atoms with Crippen molar-refractivity contribution in [1.29, 1.82) is 0 Å². The third-order valence-corrected chi connectivity index (χ3v) is 6.18. The van der Waals surface area contributed by atoms with Gasteiger partial charge in [0.05, 0.1) is 4.88 Å². The van der Waals surface area contributed by atoms with E-state index in [2.05, 4.69) is 0 Å². The van der Waals surface area contributed by atoms with Crippen LogP contribution in [-0.2, 0) is 11.2 Å². The Morgan fingerprint density at radius 2 is 1.76 bits per heavy atom. The summed E-state index contributed by atoms with van der Waals surface area (Å²) in [6, 6.07) is 11.4. The van der Waals surface area contributed by atoms with Crippen LogP contribution >= 0.6 is 22.9 Å². The minimum Gasteiger partial charge on any atom is -0.478 e. The minimum absolute atomic E-state index is 0.102. The molecule has 4 nitrogen and oxygen atoms in total. The number of rotatable bonds is 7. The number of halogens is 1. The number of hydrogen-bond acceptors (Lipinski definition) is 4. The van der Waals surface area contributed by atoms with E-state index in [4.69, 9.17) is 16.3 Å². The molecule has 1 heterocycles. The van der Waals surface area contributed by atoms with Crippen LogP contribution in [0.3, 0.4) is 0 Å². The lowest BCUT2D eigenvalue weighted by Gasteiger charge is -2.24. The van der Waals surface area contributed by atoms with Gasteiger partial charge in [0.25, 0.3) is 0 Å². The molecule has 0 atom stereocenters. The predicted molar refractivity (Wildman–Crippen MR) is 118 cm³/mol. The molecule has 0 aliphatic heterocycles. The van der Waals surface area contributed by atoms with Gasteiger partial charge in [0, 0.05) is 16.1 Å². The lowest BCUT2D eigenvalue weighted by molar-refractivity contribution is -0.152. The first-order valence-corrected chi connectivity index (χ1v) is 10.5. The number of aliphatic carboxylic acids is 1. The maximum atomic E-state index is 12.7. The van der Waals surface area contributed by atoms with Gasteiger partial charge in [-0.2, -0.15) is 0 Å². The molecule has 0 aliphatic rings. The van der Waals surface area contributed by atoms with Crippen molar-refractivity contribution in [3.63, 3.8) is 0 Å². The van der Waals surface area contributed by atoms with Gasteiger partial charge in [-0.3, -0.25) is 4.79 Å². The molecule has 0 aliphatic carbocycles. The summed E-state index contributed by atoms with van der Waals surface area (Å²) in [5.74, 6) is -0.338. The minimum atomic E-state index is -1.31. The second-order valence-corrected chi connectivity index (χ2v) is 9.21. The summed E-state index contributed by atoms with van der Waals surface area (Å²) in [7, 11) is 0. The highest BCUT2D eigenvalue weighted by molar-refractivity contribution is 7.20. The lowest BCUT2D eigenvalue weighted by atomic mass is 10.00. The Bertz CT molecular complexity index is 1070. The predicted octanol–water partition coefficient (Wildman–Crippen LogP) is 6.23. The largest absolute Gasteiger partial charge is 0.478 e.